The molecule has 0 saturated carbocycles. The van der Waals surface area contributed by atoms with E-state index < -0.39 is 10.8 Å². The van der Waals surface area contributed by atoms with Crippen LogP contribution in [0.25, 0.3) is 0 Å². The monoisotopic (exact) mass is 253 g/mol. The van der Waals surface area contributed by atoms with Crippen molar-refractivity contribution in [2.24, 2.45) is 5.84 Å². The number of nitrogens with two attached hydrogens (primary N) is 1. The number of methoxy groups -OCH3 is 1. The van der Waals surface area contributed by atoms with Gasteiger partial charge in [0, 0.05) is 6.07 Å². The Morgan fingerprint density at radius 2 is 2.11 bits per heavy atom. The molecule has 0 heterocycles. The smallest absolute Gasteiger partial charge is 0.312 e. The standard InChI is InChI=1S/C11H15N3O4/c1-6(2)7-4-8(11(15)13-12)10(18-3)9(5-7)14(16)17/h4-6H,12H2,1-3H3,(H,13,15). The maximum absolute atomic E-state index is 11.6. The van der Waals surface area contributed by atoms with Crippen molar-refractivity contribution in [3.05, 3.63) is 33.4 Å². The molecule has 0 radical (unpaired) electrons. The number of benzene rings is 1. The maximum atomic E-state index is 11.6. The number of rotatable bonds is 4. The number of nitrogen functional groups attached to an aromatic ring is 1. The molecule has 0 aliphatic heterocycles. The average molecular weight is 253 g/mol. The Labute approximate surface area is 104 Å². The zero-order valence-corrected chi connectivity index (χ0v) is 10.4. The van der Waals surface area contributed by atoms with Crippen molar-refractivity contribution in [1.82, 2.24) is 5.43 Å². The molecule has 0 bridgehead atoms. The average Bonchev–Trinajstić information content (AvgIpc) is 2.35. The Bertz CT molecular complexity index is 485. The van der Waals surface area contributed by atoms with Crippen molar-refractivity contribution >= 4 is 11.6 Å². The van der Waals surface area contributed by atoms with Crippen LogP contribution in [0.1, 0.15) is 35.7 Å². The first-order valence-corrected chi connectivity index (χ1v) is 5.29. The summed E-state index contributed by atoms with van der Waals surface area (Å²) in [6.45, 7) is 3.74. The van der Waals surface area contributed by atoms with E-state index in [0.717, 1.165) is 0 Å². The van der Waals surface area contributed by atoms with Crippen LogP contribution in [0.2, 0.25) is 0 Å². The molecule has 0 unspecified atom stereocenters. The van der Waals surface area contributed by atoms with E-state index in [4.69, 9.17) is 10.6 Å². The summed E-state index contributed by atoms with van der Waals surface area (Å²) in [5, 5.41) is 11.0. The van der Waals surface area contributed by atoms with E-state index in [9.17, 15) is 14.9 Å². The van der Waals surface area contributed by atoms with Crippen LogP contribution in [0.3, 0.4) is 0 Å². The molecular weight excluding hydrogens is 238 g/mol. The number of nitrogens with zero attached hydrogens (tertiary/aromatic N) is 1. The molecule has 3 N–H and O–H groups in total. The largest absolute Gasteiger partial charge is 0.490 e. The third-order valence-electron chi connectivity index (χ3n) is 2.53. The molecule has 7 heteroatoms. The minimum atomic E-state index is -0.627. The van der Waals surface area contributed by atoms with E-state index in [1.54, 1.807) is 6.07 Å². The molecule has 1 aromatic carbocycles. The Kier molecular flexibility index (Phi) is 4.22. The van der Waals surface area contributed by atoms with Crippen LogP contribution in [0.15, 0.2) is 12.1 Å². The Hall–Kier alpha value is -2.15. The first kappa shape index (κ1) is 13.9. The number of hydrogen-bond donors (Lipinski definition) is 2. The summed E-state index contributed by atoms with van der Waals surface area (Å²) in [6, 6.07) is 2.94. The van der Waals surface area contributed by atoms with Crippen molar-refractivity contribution < 1.29 is 14.5 Å². The van der Waals surface area contributed by atoms with Gasteiger partial charge in [-0.05, 0) is 17.5 Å². The molecule has 0 saturated heterocycles. The highest BCUT2D eigenvalue weighted by molar-refractivity contribution is 5.98. The van der Waals surface area contributed by atoms with Gasteiger partial charge in [-0.25, -0.2) is 5.84 Å². The van der Waals surface area contributed by atoms with Crippen LogP contribution in [-0.2, 0) is 0 Å². The second-order valence-electron chi connectivity index (χ2n) is 4.01. The van der Waals surface area contributed by atoms with Crippen molar-refractivity contribution in [1.29, 1.82) is 0 Å². The number of nitrogens with one attached hydrogen (secondary N) is 1. The zero-order valence-electron chi connectivity index (χ0n) is 10.4. The Morgan fingerprint density at radius 1 is 1.50 bits per heavy atom. The van der Waals surface area contributed by atoms with E-state index in [0.29, 0.717) is 5.56 Å². The van der Waals surface area contributed by atoms with Crippen LogP contribution in [0, 0.1) is 10.1 Å². The highest BCUT2D eigenvalue weighted by Crippen LogP contribution is 2.34. The minimum absolute atomic E-state index is 0.0407. The summed E-state index contributed by atoms with van der Waals surface area (Å²) >= 11 is 0. The summed E-state index contributed by atoms with van der Waals surface area (Å²) < 4.78 is 4.94. The quantitative estimate of drug-likeness (QED) is 0.364. The third kappa shape index (κ3) is 2.57. The van der Waals surface area contributed by atoms with E-state index >= 15 is 0 Å². The molecule has 1 amide bonds. The van der Waals surface area contributed by atoms with Gasteiger partial charge in [0.15, 0.2) is 0 Å². The molecule has 0 atom stereocenters. The molecule has 7 nitrogen and oxygen atoms in total. The highest BCUT2D eigenvalue weighted by Gasteiger charge is 2.24. The number of carbonyl (C=O) groups is 1. The van der Waals surface area contributed by atoms with E-state index in [1.165, 1.54) is 13.2 Å². The minimum Gasteiger partial charge on any atom is -0.490 e. The summed E-state index contributed by atoms with van der Waals surface area (Å²) in [5.41, 5.74) is 2.42. The molecule has 0 aromatic heterocycles. The molecule has 1 rings (SSSR count). The Morgan fingerprint density at radius 3 is 2.50 bits per heavy atom. The third-order valence-corrected chi connectivity index (χ3v) is 2.53. The van der Waals surface area contributed by atoms with Gasteiger partial charge in [-0.3, -0.25) is 20.3 Å². The van der Waals surface area contributed by atoms with Crippen LogP contribution in [-0.4, -0.2) is 17.9 Å². The van der Waals surface area contributed by atoms with Crippen molar-refractivity contribution in [2.75, 3.05) is 7.11 Å². The van der Waals surface area contributed by atoms with Crippen molar-refractivity contribution in [2.45, 2.75) is 19.8 Å². The number of nitro groups is 1. The molecule has 98 valence electrons. The highest BCUT2D eigenvalue weighted by atomic mass is 16.6. The van der Waals surface area contributed by atoms with Crippen LogP contribution >= 0.6 is 0 Å². The first-order chi connectivity index (χ1) is 8.42. The molecule has 18 heavy (non-hydrogen) atoms. The fourth-order valence-electron chi connectivity index (χ4n) is 1.57. The van der Waals surface area contributed by atoms with Gasteiger partial charge >= 0.3 is 5.69 Å². The topological polar surface area (TPSA) is 107 Å². The lowest BCUT2D eigenvalue weighted by molar-refractivity contribution is -0.385. The number of hydrogen-bond acceptors (Lipinski definition) is 5. The lowest BCUT2D eigenvalue weighted by atomic mass is 9.98. The fraction of sp³-hybridized carbons (Fsp3) is 0.364. The van der Waals surface area contributed by atoms with Gasteiger partial charge < -0.3 is 4.74 Å². The molecular formula is C11H15N3O4. The van der Waals surface area contributed by atoms with Gasteiger partial charge in [-0.15, -0.1) is 0 Å². The number of ether oxygens (including phenoxy) is 1. The second kappa shape index (κ2) is 5.46. The van der Waals surface area contributed by atoms with Crippen molar-refractivity contribution in [3.63, 3.8) is 0 Å². The SMILES string of the molecule is COc1c(C(=O)NN)cc(C(C)C)cc1[N+](=O)[O-]. The molecule has 1 aromatic rings. The zero-order chi connectivity index (χ0) is 13.9. The molecule has 0 aliphatic rings. The van der Waals surface area contributed by atoms with E-state index in [-0.39, 0.29) is 22.9 Å². The predicted octanol–water partition coefficient (Wildman–Crippen LogP) is 1.33. The van der Waals surface area contributed by atoms with E-state index in [2.05, 4.69) is 0 Å². The lowest BCUT2D eigenvalue weighted by Crippen LogP contribution is -2.30. The Balaban J connectivity index is 3.55. The van der Waals surface area contributed by atoms with Crippen LogP contribution < -0.4 is 16.0 Å². The van der Waals surface area contributed by atoms with Crippen LogP contribution in [0.4, 0.5) is 5.69 Å². The second-order valence-corrected chi connectivity index (χ2v) is 4.01. The normalized spacial score (nSPS) is 10.3. The van der Waals surface area contributed by atoms with Gasteiger partial charge in [0.25, 0.3) is 5.91 Å². The summed E-state index contributed by atoms with van der Waals surface area (Å²) in [5.74, 6) is 4.38. The molecule has 0 spiro atoms. The van der Waals surface area contributed by atoms with Crippen LogP contribution in [0.5, 0.6) is 5.75 Å². The first-order valence-electron chi connectivity index (χ1n) is 5.29. The number of carbonyl (C=O) groups excluding carboxylic acids is 1. The lowest BCUT2D eigenvalue weighted by Gasteiger charge is -2.12. The van der Waals surface area contributed by atoms with Crippen molar-refractivity contribution in [3.8, 4) is 5.75 Å². The van der Waals surface area contributed by atoms with E-state index in [1.807, 2.05) is 19.3 Å². The van der Waals surface area contributed by atoms with Gasteiger partial charge in [-0.2, -0.15) is 0 Å². The van der Waals surface area contributed by atoms with Gasteiger partial charge in [-0.1, -0.05) is 13.8 Å². The summed E-state index contributed by atoms with van der Waals surface area (Å²) in [7, 11) is 1.27. The van der Waals surface area contributed by atoms with Gasteiger partial charge in [0.05, 0.1) is 17.6 Å². The summed E-state index contributed by atoms with van der Waals surface area (Å²) in [6.07, 6.45) is 0. The maximum Gasteiger partial charge on any atom is 0.312 e. The number of nitro benzene ring substituents is 1. The molecule has 0 fully saturated rings. The predicted molar refractivity (Wildman–Crippen MR) is 65.4 cm³/mol. The van der Waals surface area contributed by atoms with Gasteiger partial charge in [0.2, 0.25) is 5.75 Å². The number of hydrazine groups is 1. The molecule has 0 aliphatic carbocycles. The summed E-state index contributed by atoms with van der Waals surface area (Å²) in [4.78, 5) is 22.0. The fourth-order valence-corrected chi connectivity index (χ4v) is 1.57. The van der Waals surface area contributed by atoms with Gasteiger partial charge in [0.1, 0.15) is 0 Å². The number of amides is 1.